The van der Waals surface area contributed by atoms with Gasteiger partial charge in [-0.2, -0.15) is 12.7 Å². The summed E-state index contributed by atoms with van der Waals surface area (Å²) in [5.41, 5.74) is 0. The van der Waals surface area contributed by atoms with E-state index in [9.17, 15) is 13.2 Å². The molecule has 0 amide bonds. The molecule has 1 fully saturated rings. The van der Waals surface area contributed by atoms with Crippen LogP contribution in [-0.4, -0.2) is 54.6 Å². The number of piperidine rings is 1. The molecule has 1 saturated heterocycles. The number of aliphatic hydroxyl groups excluding tert-OH is 1. The molecule has 0 aromatic rings. The van der Waals surface area contributed by atoms with Crippen molar-refractivity contribution in [1.29, 1.82) is 0 Å². The average Bonchev–Trinajstić information content (AvgIpc) is 2.28. The summed E-state index contributed by atoms with van der Waals surface area (Å²) >= 11 is 0. The van der Waals surface area contributed by atoms with Gasteiger partial charge in [-0.3, -0.25) is 4.79 Å². The fourth-order valence-corrected chi connectivity index (χ4v) is 3.08. The van der Waals surface area contributed by atoms with Gasteiger partial charge >= 0.3 is 5.97 Å². The molecular formula is C10H20N2O5S. The van der Waals surface area contributed by atoms with Crippen LogP contribution in [0.5, 0.6) is 0 Å². The molecule has 1 aliphatic rings. The summed E-state index contributed by atoms with van der Waals surface area (Å²) in [6.07, 6.45) is 0.481. The largest absolute Gasteiger partial charge is 0.481 e. The third-order valence-electron chi connectivity index (χ3n) is 2.99. The van der Waals surface area contributed by atoms with Crippen LogP contribution >= 0.6 is 0 Å². The molecule has 1 heterocycles. The van der Waals surface area contributed by atoms with Gasteiger partial charge in [0.25, 0.3) is 10.2 Å². The molecule has 8 heteroatoms. The summed E-state index contributed by atoms with van der Waals surface area (Å²) in [4.78, 5) is 10.7. The maximum Gasteiger partial charge on any atom is 0.306 e. The third kappa shape index (κ3) is 4.52. The van der Waals surface area contributed by atoms with E-state index in [0.717, 1.165) is 0 Å². The highest BCUT2D eigenvalue weighted by molar-refractivity contribution is 7.87. The molecule has 0 bridgehead atoms. The van der Waals surface area contributed by atoms with Crippen molar-refractivity contribution in [3.8, 4) is 0 Å². The Bertz CT molecular complexity index is 374. The van der Waals surface area contributed by atoms with Gasteiger partial charge in [0.2, 0.25) is 0 Å². The molecule has 3 N–H and O–H groups in total. The number of nitrogens with one attached hydrogen (secondary N) is 1. The van der Waals surface area contributed by atoms with Gasteiger partial charge < -0.3 is 10.2 Å². The summed E-state index contributed by atoms with van der Waals surface area (Å²) in [5, 5.41) is 17.9. The van der Waals surface area contributed by atoms with Gasteiger partial charge in [-0.05, 0) is 26.2 Å². The lowest BCUT2D eigenvalue weighted by molar-refractivity contribution is -0.142. The van der Waals surface area contributed by atoms with E-state index in [0.29, 0.717) is 19.3 Å². The van der Waals surface area contributed by atoms with Crippen LogP contribution in [0.3, 0.4) is 0 Å². The van der Waals surface area contributed by atoms with E-state index in [1.54, 1.807) is 6.92 Å². The highest BCUT2D eigenvalue weighted by Gasteiger charge is 2.30. The molecule has 0 spiro atoms. The molecule has 106 valence electrons. The first kappa shape index (κ1) is 15.4. The molecule has 0 saturated carbocycles. The summed E-state index contributed by atoms with van der Waals surface area (Å²) < 4.78 is 27.3. The topological polar surface area (TPSA) is 107 Å². The Morgan fingerprint density at radius 1 is 1.44 bits per heavy atom. The van der Waals surface area contributed by atoms with Crippen molar-refractivity contribution in [1.82, 2.24) is 9.03 Å². The fraction of sp³-hybridized carbons (Fsp3) is 0.900. The van der Waals surface area contributed by atoms with Gasteiger partial charge in [0.1, 0.15) is 0 Å². The van der Waals surface area contributed by atoms with E-state index >= 15 is 0 Å². The number of carboxylic acid groups (broad SMARTS) is 1. The molecule has 7 nitrogen and oxygen atoms in total. The fourth-order valence-electron chi connectivity index (χ4n) is 1.83. The molecule has 1 unspecified atom stereocenters. The minimum Gasteiger partial charge on any atom is -0.481 e. The Labute approximate surface area is 107 Å². The molecule has 0 aromatic carbocycles. The van der Waals surface area contributed by atoms with Crippen LogP contribution in [0.15, 0.2) is 0 Å². The second kappa shape index (κ2) is 6.46. The van der Waals surface area contributed by atoms with Gasteiger partial charge in [0.15, 0.2) is 0 Å². The molecule has 1 aliphatic heterocycles. The minimum atomic E-state index is -3.55. The van der Waals surface area contributed by atoms with Crippen molar-refractivity contribution in [3.05, 3.63) is 0 Å². The van der Waals surface area contributed by atoms with Gasteiger partial charge in [-0.25, -0.2) is 4.72 Å². The number of hydrogen-bond acceptors (Lipinski definition) is 4. The summed E-state index contributed by atoms with van der Waals surface area (Å²) in [5.74, 6) is -1.32. The number of hydrogen-bond donors (Lipinski definition) is 3. The van der Waals surface area contributed by atoms with Gasteiger partial charge in [0.05, 0.1) is 12.0 Å². The Kier molecular flexibility index (Phi) is 5.51. The third-order valence-corrected chi connectivity index (χ3v) is 4.60. The van der Waals surface area contributed by atoms with E-state index in [1.807, 2.05) is 0 Å². The van der Waals surface area contributed by atoms with Gasteiger partial charge in [0, 0.05) is 19.6 Å². The predicted molar refractivity (Wildman–Crippen MR) is 65.2 cm³/mol. The standard InChI is InChI=1S/C10H20N2O5S/c1-8(13)2-5-11-18(16,17)12-6-3-9(4-7-12)10(14)15/h8-9,11,13H,2-7H2,1H3,(H,14,15). The number of aliphatic carboxylic acids is 1. The normalized spacial score (nSPS) is 20.8. The lowest BCUT2D eigenvalue weighted by Gasteiger charge is -2.29. The minimum absolute atomic E-state index is 0.179. The van der Waals surface area contributed by atoms with Crippen LogP contribution in [0, 0.1) is 5.92 Å². The lowest BCUT2D eigenvalue weighted by atomic mass is 9.99. The maximum absolute atomic E-state index is 11.8. The number of rotatable bonds is 6. The first-order chi connectivity index (χ1) is 8.33. The van der Waals surface area contributed by atoms with Crippen LogP contribution in [0.4, 0.5) is 0 Å². The van der Waals surface area contributed by atoms with E-state index in [2.05, 4.69) is 4.72 Å². The van der Waals surface area contributed by atoms with Crippen LogP contribution < -0.4 is 4.72 Å². The van der Waals surface area contributed by atoms with Crippen LogP contribution in [0.1, 0.15) is 26.2 Å². The monoisotopic (exact) mass is 280 g/mol. The van der Waals surface area contributed by atoms with Crippen LogP contribution in [0.25, 0.3) is 0 Å². The summed E-state index contributed by atoms with van der Waals surface area (Å²) in [6.45, 7) is 2.22. The van der Waals surface area contributed by atoms with Crippen molar-refractivity contribution in [2.24, 2.45) is 5.92 Å². The van der Waals surface area contributed by atoms with Crippen molar-refractivity contribution in [2.45, 2.75) is 32.3 Å². The van der Waals surface area contributed by atoms with Crippen molar-refractivity contribution in [2.75, 3.05) is 19.6 Å². The first-order valence-electron chi connectivity index (χ1n) is 5.98. The molecule has 0 aromatic heterocycles. The quantitative estimate of drug-likeness (QED) is 0.601. The van der Waals surface area contributed by atoms with Crippen LogP contribution in [0.2, 0.25) is 0 Å². The van der Waals surface area contributed by atoms with E-state index in [-0.39, 0.29) is 19.6 Å². The Balaban J connectivity index is 2.43. The van der Waals surface area contributed by atoms with E-state index < -0.39 is 28.2 Å². The zero-order valence-corrected chi connectivity index (χ0v) is 11.2. The van der Waals surface area contributed by atoms with Gasteiger partial charge in [-0.15, -0.1) is 0 Å². The Morgan fingerprint density at radius 3 is 2.44 bits per heavy atom. The van der Waals surface area contributed by atoms with Crippen molar-refractivity contribution >= 4 is 16.2 Å². The Hall–Kier alpha value is -0.700. The molecule has 18 heavy (non-hydrogen) atoms. The highest BCUT2D eigenvalue weighted by Crippen LogP contribution is 2.19. The number of carboxylic acids is 1. The predicted octanol–water partition coefficient (Wildman–Crippen LogP) is -0.612. The number of nitrogens with zero attached hydrogens (tertiary/aromatic N) is 1. The molecule has 0 radical (unpaired) electrons. The van der Waals surface area contributed by atoms with Gasteiger partial charge in [-0.1, -0.05) is 0 Å². The molecule has 1 rings (SSSR count). The average molecular weight is 280 g/mol. The highest BCUT2D eigenvalue weighted by atomic mass is 32.2. The SMILES string of the molecule is CC(O)CCNS(=O)(=O)N1CCC(C(=O)O)CC1. The second-order valence-electron chi connectivity index (χ2n) is 4.55. The Morgan fingerprint density at radius 2 is 2.00 bits per heavy atom. The molecular weight excluding hydrogens is 260 g/mol. The van der Waals surface area contributed by atoms with Crippen LogP contribution in [-0.2, 0) is 15.0 Å². The summed E-state index contributed by atoms with van der Waals surface area (Å²) in [6, 6.07) is 0. The van der Waals surface area contributed by atoms with E-state index in [4.69, 9.17) is 10.2 Å². The zero-order chi connectivity index (χ0) is 13.8. The zero-order valence-electron chi connectivity index (χ0n) is 10.4. The van der Waals surface area contributed by atoms with Crippen molar-refractivity contribution < 1.29 is 23.4 Å². The first-order valence-corrected chi connectivity index (χ1v) is 7.42. The molecule has 0 aliphatic carbocycles. The van der Waals surface area contributed by atoms with E-state index in [1.165, 1.54) is 4.31 Å². The second-order valence-corrected chi connectivity index (χ2v) is 6.30. The number of aliphatic hydroxyl groups is 1. The smallest absolute Gasteiger partial charge is 0.306 e. The summed E-state index contributed by atoms with van der Waals surface area (Å²) in [7, 11) is -3.55. The van der Waals surface area contributed by atoms with Crippen molar-refractivity contribution in [3.63, 3.8) is 0 Å². The lowest BCUT2D eigenvalue weighted by Crippen LogP contribution is -2.46. The maximum atomic E-state index is 11.8. The molecule has 1 atom stereocenters. The number of carbonyl (C=O) groups is 1.